The van der Waals surface area contributed by atoms with E-state index in [4.69, 9.17) is 4.74 Å². The van der Waals surface area contributed by atoms with Gasteiger partial charge in [-0.1, -0.05) is 50.5 Å². The first-order chi connectivity index (χ1) is 7.86. The highest BCUT2D eigenvalue weighted by Gasteiger charge is 1.93. The van der Waals surface area contributed by atoms with Crippen molar-refractivity contribution in [3.8, 4) is 5.75 Å². The van der Waals surface area contributed by atoms with Crippen molar-refractivity contribution < 1.29 is 4.74 Å². The van der Waals surface area contributed by atoms with Gasteiger partial charge in [0.05, 0.1) is 6.61 Å². The Morgan fingerprint density at radius 2 is 1.81 bits per heavy atom. The van der Waals surface area contributed by atoms with E-state index in [1.165, 1.54) is 24.8 Å². The van der Waals surface area contributed by atoms with Gasteiger partial charge in [0.1, 0.15) is 5.75 Å². The fraction of sp³-hybridized carbons (Fsp3) is 0.467. The van der Waals surface area contributed by atoms with Crippen LogP contribution in [0.25, 0.3) is 6.08 Å². The van der Waals surface area contributed by atoms with Crippen LogP contribution in [0, 0.1) is 0 Å². The molecule has 0 saturated heterocycles. The van der Waals surface area contributed by atoms with Gasteiger partial charge in [-0.2, -0.15) is 0 Å². The molecule has 1 heteroatoms. The van der Waals surface area contributed by atoms with Crippen LogP contribution in [0.1, 0.15) is 45.1 Å². The molecule has 0 spiro atoms. The predicted octanol–water partition coefficient (Wildman–Crippen LogP) is 4.68. The second-order valence-electron chi connectivity index (χ2n) is 3.98. The Morgan fingerprint density at radius 1 is 1.06 bits per heavy atom. The molecule has 1 aromatic carbocycles. The summed E-state index contributed by atoms with van der Waals surface area (Å²) in [5, 5.41) is 0. The van der Waals surface area contributed by atoms with Gasteiger partial charge in [-0.25, -0.2) is 0 Å². The minimum Gasteiger partial charge on any atom is -0.494 e. The smallest absolute Gasteiger partial charge is 0.119 e. The van der Waals surface area contributed by atoms with Gasteiger partial charge in [0, 0.05) is 0 Å². The van der Waals surface area contributed by atoms with Crippen molar-refractivity contribution in [1.29, 1.82) is 0 Å². The molecular formula is C15H22O. The highest BCUT2D eigenvalue weighted by molar-refractivity contribution is 5.50. The third-order valence-corrected chi connectivity index (χ3v) is 2.51. The van der Waals surface area contributed by atoms with Gasteiger partial charge in [0.2, 0.25) is 0 Å². The summed E-state index contributed by atoms with van der Waals surface area (Å²) >= 11 is 0. The van der Waals surface area contributed by atoms with Crippen LogP contribution in [0.4, 0.5) is 0 Å². The van der Waals surface area contributed by atoms with E-state index in [1.54, 1.807) is 0 Å². The zero-order valence-electron chi connectivity index (χ0n) is 10.4. The molecule has 0 radical (unpaired) electrons. The third-order valence-electron chi connectivity index (χ3n) is 2.51. The summed E-state index contributed by atoms with van der Waals surface area (Å²) in [5.41, 5.74) is 1.22. The molecule has 0 fully saturated rings. The SMILES string of the molecule is CC=Cc1ccc(OCCCCCC)cc1. The molecule has 0 atom stereocenters. The van der Waals surface area contributed by atoms with Crippen molar-refractivity contribution in [2.24, 2.45) is 0 Å². The summed E-state index contributed by atoms with van der Waals surface area (Å²) in [6.07, 6.45) is 9.14. The summed E-state index contributed by atoms with van der Waals surface area (Å²) in [6, 6.07) is 8.24. The number of benzene rings is 1. The molecular weight excluding hydrogens is 196 g/mol. The first-order valence-corrected chi connectivity index (χ1v) is 6.22. The van der Waals surface area contributed by atoms with Gasteiger partial charge >= 0.3 is 0 Å². The average molecular weight is 218 g/mol. The van der Waals surface area contributed by atoms with Crippen molar-refractivity contribution in [1.82, 2.24) is 0 Å². The Balaban J connectivity index is 2.26. The van der Waals surface area contributed by atoms with E-state index in [-0.39, 0.29) is 0 Å². The third kappa shape index (κ3) is 5.01. The molecule has 0 unspecified atom stereocenters. The molecule has 0 aromatic heterocycles. The van der Waals surface area contributed by atoms with E-state index in [9.17, 15) is 0 Å². The van der Waals surface area contributed by atoms with Crippen molar-refractivity contribution >= 4 is 6.08 Å². The maximum absolute atomic E-state index is 5.66. The standard InChI is InChI=1S/C15H22O/c1-3-5-6-7-13-16-15-11-9-14(8-4-2)10-12-15/h4,8-12H,3,5-7,13H2,1-2H3. The number of hydrogen-bond donors (Lipinski definition) is 0. The summed E-state index contributed by atoms with van der Waals surface area (Å²) in [5.74, 6) is 0.977. The fourth-order valence-electron chi connectivity index (χ4n) is 1.59. The van der Waals surface area contributed by atoms with Crippen molar-refractivity contribution in [3.63, 3.8) is 0 Å². The van der Waals surface area contributed by atoms with Crippen LogP contribution >= 0.6 is 0 Å². The zero-order chi connectivity index (χ0) is 11.6. The van der Waals surface area contributed by atoms with Gasteiger partial charge in [-0.15, -0.1) is 0 Å². The van der Waals surface area contributed by atoms with Gasteiger partial charge in [-0.05, 0) is 31.0 Å². The van der Waals surface area contributed by atoms with E-state index in [2.05, 4.69) is 25.1 Å². The van der Waals surface area contributed by atoms with Crippen LogP contribution < -0.4 is 4.74 Å². The van der Waals surface area contributed by atoms with Crippen molar-refractivity contribution in [2.45, 2.75) is 39.5 Å². The fourth-order valence-corrected chi connectivity index (χ4v) is 1.59. The van der Waals surface area contributed by atoms with Crippen LogP contribution in [0.2, 0.25) is 0 Å². The first kappa shape index (κ1) is 12.8. The largest absolute Gasteiger partial charge is 0.494 e. The summed E-state index contributed by atoms with van der Waals surface area (Å²) in [6.45, 7) is 5.09. The Bertz CT molecular complexity index is 298. The molecule has 0 N–H and O–H groups in total. The summed E-state index contributed by atoms with van der Waals surface area (Å²) < 4.78 is 5.66. The lowest BCUT2D eigenvalue weighted by Gasteiger charge is -2.05. The second kappa shape index (κ2) is 7.98. The number of allylic oxidation sites excluding steroid dienone is 1. The number of ether oxygens (including phenoxy) is 1. The summed E-state index contributed by atoms with van der Waals surface area (Å²) in [4.78, 5) is 0. The Kier molecular flexibility index (Phi) is 6.39. The Hall–Kier alpha value is -1.24. The highest BCUT2D eigenvalue weighted by atomic mass is 16.5. The Labute approximate surface area is 99.1 Å². The molecule has 0 aliphatic carbocycles. The quantitative estimate of drug-likeness (QED) is 0.604. The molecule has 0 amide bonds. The van der Waals surface area contributed by atoms with Crippen LogP contribution in [-0.4, -0.2) is 6.61 Å². The van der Waals surface area contributed by atoms with E-state index in [0.29, 0.717) is 0 Å². The van der Waals surface area contributed by atoms with Gasteiger partial charge in [0.15, 0.2) is 0 Å². The number of unbranched alkanes of at least 4 members (excludes halogenated alkanes) is 3. The molecule has 1 nitrogen and oxygen atoms in total. The summed E-state index contributed by atoms with van der Waals surface area (Å²) in [7, 11) is 0. The molecule has 16 heavy (non-hydrogen) atoms. The lowest BCUT2D eigenvalue weighted by atomic mass is 10.2. The Morgan fingerprint density at radius 3 is 2.44 bits per heavy atom. The van der Waals surface area contributed by atoms with Gasteiger partial charge in [0.25, 0.3) is 0 Å². The van der Waals surface area contributed by atoms with E-state index < -0.39 is 0 Å². The molecule has 0 bridgehead atoms. The van der Waals surface area contributed by atoms with Gasteiger partial charge < -0.3 is 4.74 Å². The van der Waals surface area contributed by atoms with Crippen LogP contribution in [0.3, 0.4) is 0 Å². The molecule has 1 rings (SSSR count). The molecule has 0 heterocycles. The lowest BCUT2D eigenvalue weighted by molar-refractivity contribution is 0.305. The monoisotopic (exact) mass is 218 g/mol. The topological polar surface area (TPSA) is 9.23 Å². The first-order valence-electron chi connectivity index (χ1n) is 6.22. The number of hydrogen-bond acceptors (Lipinski definition) is 1. The maximum atomic E-state index is 5.66. The average Bonchev–Trinajstić information content (AvgIpc) is 2.31. The lowest BCUT2D eigenvalue weighted by Crippen LogP contribution is -1.96. The molecule has 1 aromatic rings. The van der Waals surface area contributed by atoms with Crippen LogP contribution in [0.5, 0.6) is 5.75 Å². The second-order valence-corrected chi connectivity index (χ2v) is 3.98. The molecule has 0 saturated carbocycles. The van der Waals surface area contributed by atoms with E-state index in [0.717, 1.165) is 18.8 Å². The van der Waals surface area contributed by atoms with E-state index >= 15 is 0 Å². The molecule has 0 aliphatic rings. The maximum Gasteiger partial charge on any atom is 0.119 e. The number of rotatable bonds is 7. The van der Waals surface area contributed by atoms with Crippen LogP contribution in [0.15, 0.2) is 30.3 Å². The molecule has 0 aliphatic heterocycles. The van der Waals surface area contributed by atoms with Gasteiger partial charge in [-0.3, -0.25) is 0 Å². The highest BCUT2D eigenvalue weighted by Crippen LogP contribution is 2.13. The van der Waals surface area contributed by atoms with Crippen molar-refractivity contribution in [3.05, 3.63) is 35.9 Å². The van der Waals surface area contributed by atoms with Crippen molar-refractivity contribution in [2.75, 3.05) is 6.61 Å². The molecule has 88 valence electrons. The zero-order valence-corrected chi connectivity index (χ0v) is 10.4. The van der Waals surface area contributed by atoms with E-state index in [1.807, 2.05) is 25.1 Å². The normalized spacial score (nSPS) is 10.9. The predicted molar refractivity (Wildman–Crippen MR) is 70.8 cm³/mol. The minimum absolute atomic E-state index is 0.836. The van der Waals surface area contributed by atoms with Crippen LogP contribution in [-0.2, 0) is 0 Å². The minimum atomic E-state index is 0.836.